The summed E-state index contributed by atoms with van der Waals surface area (Å²) >= 11 is 0. The van der Waals surface area contributed by atoms with Crippen molar-refractivity contribution in [3.63, 3.8) is 0 Å². The molecule has 1 aliphatic rings. The van der Waals surface area contributed by atoms with Crippen LogP contribution < -0.4 is 5.32 Å². The van der Waals surface area contributed by atoms with Gasteiger partial charge in [0.2, 0.25) is 0 Å². The Morgan fingerprint density at radius 1 is 0.840 bits per heavy atom. The number of piperazine rings is 1. The number of hydrogen-bond donors (Lipinski definition) is 1. The van der Waals surface area contributed by atoms with Crippen LogP contribution >= 0.6 is 0 Å². The van der Waals surface area contributed by atoms with Gasteiger partial charge in [-0.2, -0.15) is 0 Å². The van der Waals surface area contributed by atoms with Crippen molar-refractivity contribution in [3.05, 3.63) is 71.8 Å². The Hall–Kier alpha value is -2.66. The second-order valence-corrected chi connectivity index (χ2v) is 6.32. The average Bonchev–Trinajstić information content (AvgIpc) is 2.67. The highest BCUT2D eigenvalue weighted by molar-refractivity contribution is 6.35. The monoisotopic (exact) mass is 337 g/mol. The van der Waals surface area contributed by atoms with Gasteiger partial charge in [0.25, 0.3) is 0 Å². The number of carbonyl (C=O) groups excluding carboxylic acids is 2. The summed E-state index contributed by atoms with van der Waals surface area (Å²) in [5, 5.41) is 2.91. The molecule has 5 heteroatoms. The molecule has 1 saturated heterocycles. The maximum atomic E-state index is 12.6. The molecule has 2 amide bonds. The molecular weight excluding hydrogens is 314 g/mol. The fourth-order valence-corrected chi connectivity index (χ4v) is 3.00. The van der Waals surface area contributed by atoms with E-state index >= 15 is 0 Å². The van der Waals surface area contributed by atoms with Gasteiger partial charge >= 0.3 is 11.8 Å². The number of nitrogens with zero attached hydrogens (tertiary/aromatic N) is 2. The maximum Gasteiger partial charge on any atom is 0.311 e. The summed E-state index contributed by atoms with van der Waals surface area (Å²) in [6, 6.07) is 19.1. The third-order valence-corrected chi connectivity index (χ3v) is 4.53. The van der Waals surface area contributed by atoms with E-state index in [1.807, 2.05) is 67.7 Å². The molecule has 1 aliphatic heterocycles. The fraction of sp³-hybridized carbons (Fsp3) is 0.300. The lowest BCUT2D eigenvalue weighted by atomic mass is 9.98. The second kappa shape index (κ2) is 7.94. The van der Waals surface area contributed by atoms with Crippen LogP contribution in [0.3, 0.4) is 0 Å². The lowest BCUT2D eigenvalue weighted by molar-refractivity contribution is -0.147. The first kappa shape index (κ1) is 17.2. The van der Waals surface area contributed by atoms with Gasteiger partial charge in [0, 0.05) is 26.2 Å². The molecule has 2 aromatic rings. The van der Waals surface area contributed by atoms with Gasteiger partial charge in [0.1, 0.15) is 0 Å². The van der Waals surface area contributed by atoms with Crippen molar-refractivity contribution in [1.29, 1.82) is 0 Å². The van der Waals surface area contributed by atoms with E-state index in [9.17, 15) is 9.59 Å². The maximum absolute atomic E-state index is 12.6. The lowest BCUT2D eigenvalue weighted by Gasteiger charge is -2.32. The van der Waals surface area contributed by atoms with Crippen LogP contribution in [-0.4, -0.2) is 54.8 Å². The minimum Gasteiger partial charge on any atom is -0.337 e. The summed E-state index contributed by atoms with van der Waals surface area (Å²) in [4.78, 5) is 28.8. The SMILES string of the molecule is CN1CCN(C(=O)C(=O)NC(c2ccccc2)c2ccccc2)CC1. The van der Waals surface area contributed by atoms with Crippen molar-refractivity contribution in [3.8, 4) is 0 Å². The van der Waals surface area contributed by atoms with Gasteiger partial charge in [0.15, 0.2) is 0 Å². The molecule has 5 nitrogen and oxygen atoms in total. The van der Waals surface area contributed by atoms with Crippen molar-refractivity contribution >= 4 is 11.8 Å². The van der Waals surface area contributed by atoms with E-state index in [2.05, 4.69) is 10.2 Å². The third kappa shape index (κ3) is 4.25. The summed E-state index contributed by atoms with van der Waals surface area (Å²) in [6.45, 7) is 2.76. The predicted octanol–water partition coefficient (Wildman–Crippen LogP) is 1.67. The van der Waals surface area contributed by atoms with Crippen molar-refractivity contribution in [2.45, 2.75) is 6.04 Å². The number of nitrogens with one attached hydrogen (secondary N) is 1. The molecule has 0 radical (unpaired) electrons. The lowest BCUT2D eigenvalue weighted by Crippen LogP contribution is -2.52. The summed E-state index contributed by atoms with van der Waals surface area (Å²) in [5.74, 6) is -1.01. The molecule has 25 heavy (non-hydrogen) atoms. The number of rotatable bonds is 3. The van der Waals surface area contributed by atoms with E-state index in [0.29, 0.717) is 13.1 Å². The second-order valence-electron chi connectivity index (χ2n) is 6.32. The molecule has 0 unspecified atom stereocenters. The normalized spacial score (nSPS) is 15.2. The molecule has 2 aromatic carbocycles. The van der Waals surface area contributed by atoms with Crippen LogP contribution in [0, 0.1) is 0 Å². The van der Waals surface area contributed by atoms with Gasteiger partial charge in [-0.3, -0.25) is 9.59 Å². The Bertz CT molecular complexity index is 671. The van der Waals surface area contributed by atoms with Crippen LogP contribution in [0.2, 0.25) is 0 Å². The zero-order chi connectivity index (χ0) is 17.6. The Labute approximate surface area is 148 Å². The summed E-state index contributed by atoms with van der Waals surface area (Å²) in [5.41, 5.74) is 1.90. The van der Waals surface area contributed by atoms with E-state index in [1.54, 1.807) is 4.90 Å². The zero-order valence-corrected chi connectivity index (χ0v) is 14.4. The molecule has 0 aromatic heterocycles. The molecule has 0 aliphatic carbocycles. The standard InChI is InChI=1S/C20H23N3O2/c1-22-12-14-23(15-13-22)20(25)19(24)21-18(16-8-4-2-5-9-16)17-10-6-3-7-11-17/h2-11,18H,12-15H2,1H3,(H,21,24). The van der Waals surface area contributed by atoms with Gasteiger partial charge in [-0.25, -0.2) is 0 Å². The third-order valence-electron chi connectivity index (χ3n) is 4.53. The Balaban J connectivity index is 1.76. The zero-order valence-electron chi connectivity index (χ0n) is 14.4. The van der Waals surface area contributed by atoms with Gasteiger partial charge in [-0.15, -0.1) is 0 Å². The topological polar surface area (TPSA) is 52.7 Å². The first-order chi connectivity index (χ1) is 12.1. The minimum atomic E-state index is -0.553. The molecule has 1 N–H and O–H groups in total. The first-order valence-electron chi connectivity index (χ1n) is 8.53. The number of benzene rings is 2. The van der Waals surface area contributed by atoms with Crippen LogP contribution in [0.15, 0.2) is 60.7 Å². The Morgan fingerprint density at radius 3 is 1.80 bits per heavy atom. The molecule has 0 bridgehead atoms. The highest BCUT2D eigenvalue weighted by atomic mass is 16.2. The summed E-state index contributed by atoms with van der Waals surface area (Å²) in [6.07, 6.45) is 0. The number of amides is 2. The van der Waals surface area contributed by atoms with Gasteiger partial charge < -0.3 is 15.1 Å². The molecule has 0 saturated carbocycles. The van der Waals surface area contributed by atoms with E-state index in [-0.39, 0.29) is 6.04 Å². The van der Waals surface area contributed by atoms with Gasteiger partial charge in [-0.05, 0) is 18.2 Å². The Morgan fingerprint density at radius 2 is 1.32 bits per heavy atom. The van der Waals surface area contributed by atoms with Crippen molar-refractivity contribution in [2.24, 2.45) is 0 Å². The van der Waals surface area contributed by atoms with Crippen LogP contribution in [0.25, 0.3) is 0 Å². The molecule has 1 fully saturated rings. The smallest absolute Gasteiger partial charge is 0.311 e. The Kier molecular flexibility index (Phi) is 5.46. The van der Waals surface area contributed by atoms with Crippen LogP contribution in [0.4, 0.5) is 0 Å². The van der Waals surface area contributed by atoms with E-state index in [0.717, 1.165) is 24.2 Å². The summed E-state index contributed by atoms with van der Waals surface area (Å²) < 4.78 is 0. The number of hydrogen-bond acceptors (Lipinski definition) is 3. The number of carbonyl (C=O) groups is 2. The van der Waals surface area contributed by atoms with Crippen molar-refractivity contribution in [2.75, 3.05) is 33.2 Å². The fourth-order valence-electron chi connectivity index (χ4n) is 3.00. The largest absolute Gasteiger partial charge is 0.337 e. The molecule has 1 heterocycles. The minimum absolute atomic E-state index is 0.341. The van der Waals surface area contributed by atoms with Crippen LogP contribution in [0.5, 0.6) is 0 Å². The van der Waals surface area contributed by atoms with E-state index in [1.165, 1.54) is 0 Å². The first-order valence-corrected chi connectivity index (χ1v) is 8.53. The quantitative estimate of drug-likeness (QED) is 0.867. The molecular formula is C20H23N3O2. The van der Waals surface area contributed by atoms with E-state index in [4.69, 9.17) is 0 Å². The molecule has 3 rings (SSSR count). The van der Waals surface area contributed by atoms with Crippen LogP contribution in [-0.2, 0) is 9.59 Å². The predicted molar refractivity (Wildman–Crippen MR) is 96.9 cm³/mol. The highest BCUT2D eigenvalue weighted by Gasteiger charge is 2.27. The molecule has 0 atom stereocenters. The van der Waals surface area contributed by atoms with Gasteiger partial charge in [-0.1, -0.05) is 60.7 Å². The highest BCUT2D eigenvalue weighted by Crippen LogP contribution is 2.21. The number of likely N-dealkylation sites (N-methyl/N-ethyl adjacent to an activating group) is 1. The van der Waals surface area contributed by atoms with Crippen molar-refractivity contribution < 1.29 is 9.59 Å². The van der Waals surface area contributed by atoms with Crippen LogP contribution in [0.1, 0.15) is 17.2 Å². The molecule has 0 spiro atoms. The van der Waals surface area contributed by atoms with Crippen molar-refractivity contribution in [1.82, 2.24) is 15.1 Å². The van der Waals surface area contributed by atoms with Gasteiger partial charge in [0.05, 0.1) is 6.04 Å². The average molecular weight is 337 g/mol. The molecule has 130 valence electrons. The summed E-state index contributed by atoms with van der Waals surface area (Å²) in [7, 11) is 2.02. The van der Waals surface area contributed by atoms with E-state index < -0.39 is 11.8 Å².